The van der Waals surface area contributed by atoms with Crippen molar-refractivity contribution >= 4 is 5.78 Å². The molecule has 3 aliphatic rings. The largest absolute Gasteiger partial charge is 0.342 e. The Morgan fingerprint density at radius 2 is 2.05 bits per heavy atom. The summed E-state index contributed by atoms with van der Waals surface area (Å²) >= 11 is 0. The second-order valence-electron chi connectivity index (χ2n) is 7.34. The van der Waals surface area contributed by atoms with E-state index in [9.17, 15) is 4.79 Å². The van der Waals surface area contributed by atoms with Gasteiger partial charge in [-0.3, -0.25) is 4.79 Å². The fraction of sp³-hybridized carbons (Fsp3) is 0.722. The van der Waals surface area contributed by atoms with Gasteiger partial charge in [-0.15, -0.1) is 0 Å². The van der Waals surface area contributed by atoms with Crippen LogP contribution in [0.1, 0.15) is 61.5 Å². The summed E-state index contributed by atoms with van der Waals surface area (Å²) in [5.41, 5.74) is 0.963. The maximum absolute atomic E-state index is 12.8. The summed E-state index contributed by atoms with van der Waals surface area (Å²) in [7, 11) is 0. The van der Waals surface area contributed by atoms with Crippen LogP contribution in [0.15, 0.2) is 18.3 Å². The number of Topliss-reactive ketones (excluding diaryl/α,β-unsaturated/α-hetero) is 1. The van der Waals surface area contributed by atoms with E-state index in [4.69, 9.17) is 0 Å². The molecule has 1 N–H and O–H groups in total. The van der Waals surface area contributed by atoms with E-state index < -0.39 is 0 Å². The summed E-state index contributed by atoms with van der Waals surface area (Å²) in [6.45, 7) is 2.14. The number of rotatable bonds is 4. The van der Waals surface area contributed by atoms with Crippen LogP contribution in [0, 0.1) is 17.8 Å². The molecular formula is C18H26N2O. The fourth-order valence-electron chi connectivity index (χ4n) is 5.00. The molecule has 114 valence electrons. The van der Waals surface area contributed by atoms with Gasteiger partial charge >= 0.3 is 0 Å². The van der Waals surface area contributed by atoms with E-state index in [0.717, 1.165) is 49.9 Å². The number of carbonyl (C=O) groups excluding carboxylic acids is 1. The molecule has 1 saturated heterocycles. The van der Waals surface area contributed by atoms with E-state index in [0.29, 0.717) is 17.7 Å². The lowest BCUT2D eigenvalue weighted by atomic mass is 9.85. The molecule has 0 spiro atoms. The van der Waals surface area contributed by atoms with Crippen LogP contribution in [0.5, 0.6) is 0 Å². The summed E-state index contributed by atoms with van der Waals surface area (Å²) in [6, 6.07) is 4.61. The minimum Gasteiger partial charge on any atom is -0.342 e. The van der Waals surface area contributed by atoms with Crippen LogP contribution >= 0.6 is 0 Å². The Bertz CT molecular complexity index is 515. The molecule has 3 nitrogen and oxygen atoms in total. The predicted molar refractivity (Wildman–Crippen MR) is 83.5 cm³/mol. The van der Waals surface area contributed by atoms with Gasteiger partial charge < -0.3 is 9.88 Å². The number of nitrogens with zero attached hydrogens (tertiary/aromatic N) is 1. The topological polar surface area (TPSA) is 34.0 Å². The van der Waals surface area contributed by atoms with E-state index in [1.165, 1.54) is 25.7 Å². The van der Waals surface area contributed by atoms with Crippen LogP contribution in [0.3, 0.4) is 0 Å². The molecule has 3 unspecified atom stereocenters. The van der Waals surface area contributed by atoms with E-state index in [1.54, 1.807) is 0 Å². The van der Waals surface area contributed by atoms with Gasteiger partial charge in [0.25, 0.3) is 0 Å². The van der Waals surface area contributed by atoms with Gasteiger partial charge in [0.15, 0.2) is 5.78 Å². The molecular weight excluding hydrogens is 260 g/mol. The summed E-state index contributed by atoms with van der Waals surface area (Å²) < 4.78 is 2.26. The first-order chi connectivity index (χ1) is 10.3. The van der Waals surface area contributed by atoms with Crippen LogP contribution in [0.2, 0.25) is 0 Å². The van der Waals surface area contributed by atoms with Gasteiger partial charge in [-0.25, -0.2) is 0 Å². The highest BCUT2D eigenvalue weighted by molar-refractivity contribution is 5.94. The molecule has 2 heterocycles. The van der Waals surface area contributed by atoms with Crippen LogP contribution in [0.25, 0.3) is 0 Å². The third-order valence-electron chi connectivity index (χ3n) is 6.10. The Labute approximate surface area is 127 Å². The van der Waals surface area contributed by atoms with Crippen LogP contribution < -0.4 is 5.32 Å². The molecule has 21 heavy (non-hydrogen) atoms. The number of aromatic nitrogens is 1. The van der Waals surface area contributed by atoms with E-state index in [1.807, 2.05) is 6.07 Å². The van der Waals surface area contributed by atoms with Crippen molar-refractivity contribution in [3.05, 3.63) is 24.0 Å². The molecule has 1 aromatic rings. The lowest BCUT2D eigenvalue weighted by Gasteiger charge is -2.26. The molecule has 0 radical (unpaired) electrons. The molecule has 3 atom stereocenters. The smallest absolute Gasteiger partial charge is 0.179 e. The highest BCUT2D eigenvalue weighted by Gasteiger charge is 2.40. The van der Waals surface area contributed by atoms with E-state index in [2.05, 4.69) is 22.1 Å². The minimum atomic E-state index is 0.385. The number of hydrogen-bond donors (Lipinski definition) is 1. The zero-order valence-corrected chi connectivity index (χ0v) is 12.8. The maximum Gasteiger partial charge on any atom is 0.179 e. The Morgan fingerprint density at radius 3 is 2.76 bits per heavy atom. The first-order valence-corrected chi connectivity index (χ1v) is 8.72. The Hall–Kier alpha value is -1.09. The monoisotopic (exact) mass is 286 g/mol. The molecule has 2 bridgehead atoms. The third-order valence-corrected chi connectivity index (χ3v) is 6.10. The standard InChI is InChI=1S/C18H26N2O/c21-18(12-15-11-13-3-4-14(15)10-13)17-2-1-9-20(17)16-5-7-19-8-6-16/h1-2,9,13-16,19H,3-8,10-12H2. The summed E-state index contributed by atoms with van der Waals surface area (Å²) in [5, 5.41) is 3.40. The number of nitrogens with one attached hydrogen (secondary N) is 1. The Kier molecular flexibility index (Phi) is 3.62. The van der Waals surface area contributed by atoms with Gasteiger partial charge in [-0.2, -0.15) is 0 Å². The van der Waals surface area contributed by atoms with Crippen molar-refractivity contribution in [2.75, 3.05) is 13.1 Å². The Balaban J connectivity index is 1.46. The SMILES string of the molecule is O=C(CC1CC2CCC1C2)c1cccn1C1CCNCC1. The predicted octanol–water partition coefficient (Wildman–Crippen LogP) is 3.42. The van der Waals surface area contributed by atoms with Gasteiger partial charge in [-0.05, 0) is 75.1 Å². The van der Waals surface area contributed by atoms with Gasteiger partial charge in [-0.1, -0.05) is 6.42 Å². The second kappa shape index (κ2) is 5.60. The number of piperidine rings is 1. The van der Waals surface area contributed by atoms with Crippen molar-refractivity contribution < 1.29 is 4.79 Å². The number of carbonyl (C=O) groups is 1. The lowest BCUT2D eigenvalue weighted by molar-refractivity contribution is 0.0931. The van der Waals surface area contributed by atoms with Gasteiger partial charge in [0, 0.05) is 18.7 Å². The molecule has 3 fully saturated rings. The Morgan fingerprint density at radius 1 is 1.19 bits per heavy atom. The molecule has 1 aliphatic heterocycles. The molecule has 2 aliphatic carbocycles. The van der Waals surface area contributed by atoms with Gasteiger partial charge in [0.1, 0.15) is 0 Å². The first-order valence-electron chi connectivity index (χ1n) is 8.72. The normalized spacial score (nSPS) is 32.7. The van der Waals surface area contributed by atoms with Crippen molar-refractivity contribution in [2.45, 2.75) is 51.0 Å². The van der Waals surface area contributed by atoms with Crippen molar-refractivity contribution in [3.8, 4) is 0 Å². The number of ketones is 1. The van der Waals surface area contributed by atoms with Gasteiger partial charge in [0.05, 0.1) is 5.69 Å². The molecule has 1 aromatic heterocycles. The molecule has 4 rings (SSSR count). The highest BCUT2D eigenvalue weighted by atomic mass is 16.1. The first kappa shape index (κ1) is 13.6. The summed E-state index contributed by atoms with van der Waals surface area (Å²) in [5.74, 6) is 2.84. The molecule has 3 heteroatoms. The fourth-order valence-corrected chi connectivity index (χ4v) is 5.00. The average Bonchev–Trinajstić information content (AvgIpc) is 3.24. The quantitative estimate of drug-likeness (QED) is 0.861. The van der Waals surface area contributed by atoms with Crippen LogP contribution in [-0.4, -0.2) is 23.4 Å². The van der Waals surface area contributed by atoms with Gasteiger partial charge in [0.2, 0.25) is 0 Å². The van der Waals surface area contributed by atoms with Crippen molar-refractivity contribution in [1.29, 1.82) is 0 Å². The molecule has 0 amide bonds. The molecule has 2 saturated carbocycles. The average molecular weight is 286 g/mol. The van der Waals surface area contributed by atoms with Crippen molar-refractivity contribution in [3.63, 3.8) is 0 Å². The second-order valence-corrected chi connectivity index (χ2v) is 7.34. The highest BCUT2D eigenvalue weighted by Crippen LogP contribution is 2.49. The number of hydrogen-bond acceptors (Lipinski definition) is 2. The maximum atomic E-state index is 12.8. The minimum absolute atomic E-state index is 0.385. The lowest BCUT2D eigenvalue weighted by Crippen LogP contribution is -2.30. The van der Waals surface area contributed by atoms with Crippen molar-refractivity contribution in [2.24, 2.45) is 17.8 Å². The number of fused-ring (bicyclic) bond motifs is 2. The zero-order chi connectivity index (χ0) is 14.2. The third kappa shape index (κ3) is 2.57. The van der Waals surface area contributed by atoms with Crippen LogP contribution in [-0.2, 0) is 0 Å². The van der Waals surface area contributed by atoms with E-state index in [-0.39, 0.29) is 0 Å². The summed E-state index contributed by atoms with van der Waals surface area (Å²) in [6.07, 6.45) is 10.7. The molecule has 0 aromatic carbocycles. The van der Waals surface area contributed by atoms with E-state index >= 15 is 0 Å². The summed E-state index contributed by atoms with van der Waals surface area (Å²) in [4.78, 5) is 12.8. The van der Waals surface area contributed by atoms with Crippen LogP contribution in [0.4, 0.5) is 0 Å². The van der Waals surface area contributed by atoms with Crippen molar-refractivity contribution in [1.82, 2.24) is 9.88 Å². The zero-order valence-electron chi connectivity index (χ0n) is 12.8.